The molecule has 23 heavy (non-hydrogen) atoms. The lowest BCUT2D eigenvalue weighted by molar-refractivity contribution is -0.138. The third kappa shape index (κ3) is 3.99. The maximum atomic E-state index is 12.8. The quantitative estimate of drug-likeness (QED) is 0.850. The number of hydrogen-bond donors (Lipinski definition) is 1. The summed E-state index contributed by atoms with van der Waals surface area (Å²) in [6.07, 6.45) is 6.38. The zero-order valence-corrected chi connectivity index (χ0v) is 14.6. The van der Waals surface area contributed by atoms with Crippen LogP contribution in [0.1, 0.15) is 59.3 Å². The molecule has 130 valence electrons. The Kier molecular flexibility index (Phi) is 4.56. The molecule has 2 aliphatic carbocycles. The van der Waals surface area contributed by atoms with Crippen LogP contribution in [0.3, 0.4) is 0 Å². The molecule has 3 aliphatic rings. The largest absolute Gasteiger partial charge is 0.444 e. The van der Waals surface area contributed by atoms with Crippen molar-refractivity contribution in [3.05, 3.63) is 0 Å². The van der Waals surface area contributed by atoms with Crippen LogP contribution in [0.5, 0.6) is 0 Å². The second-order valence-corrected chi connectivity index (χ2v) is 8.55. The highest BCUT2D eigenvalue weighted by Crippen LogP contribution is 2.49. The van der Waals surface area contributed by atoms with Gasteiger partial charge in [-0.25, -0.2) is 4.79 Å². The third-order valence-electron chi connectivity index (χ3n) is 5.51. The van der Waals surface area contributed by atoms with E-state index in [1.165, 1.54) is 19.3 Å². The van der Waals surface area contributed by atoms with Crippen molar-refractivity contribution in [2.24, 2.45) is 17.8 Å². The SMILES string of the molecule is CC(C)(C)OC(=O)NC1CCCN(C(=O)C2CC3CCC2C3)C1. The number of nitrogens with zero attached hydrogens (tertiary/aromatic N) is 1. The first-order valence-electron chi connectivity index (χ1n) is 9.10. The third-order valence-corrected chi connectivity index (χ3v) is 5.51. The maximum absolute atomic E-state index is 12.8. The van der Waals surface area contributed by atoms with Gasteiger partial charge in [0.1, 0.15) is 5.60 Å². The van der Waals surface area contributed by atoms with Crippen molar-refractivity contribution in [2.45, 2.75) is 70.9 Å². The Labute approximate surface area is 139 Å². The Morgan fingerprint density at radius 1 is 1.13 bits per heavy atom. The molecule has 5 nitrogen and oxygen atoms in total. The molecule has 0 aromatic rings. The van der Waals surface area contributed by atoms with Crippen molar-refractivity contribution >= 4 is 12.0 Å². The first-order chi connectivity index (χ1) is 10.8. The van der Waals surface area contributed by atoms with E-state index < -0.39 is 5.60 Å². The van der Waals surface area contributed by atoms with Crippen LogP contribution < -0.4 is 5.32 Å². The summed E-state index contributed by atoms with van der Waals surface area (Å²) < 4.78 is 5.32. The van der Waals surface area contributed by atoms with Gasteiger partial charge in [-0.1, -0.05) is 6.42 Å². The number of piperidine rings is 1. The number of ether oxygens (including phenoxy) is 1. The standard InChI is InChI=1S/C18H30N2O3/c1-18(2,3)23-17(22)19-14-5-4-8-20(11-14)16(21)15-10-12-6-7-13(15)9-12/h12-15H,4-11H2,1-3H3,(H,19,22). The van der Waals surface area contributed by atoms with Gasteiger partial charge in [-0.15, -0.1) is 0 Å². The van der Waals surface area contributed by atoms with Crippen molar-refractivity contribution < 1.29 is 14.3 Å². The Morgan fingerprint density at radius 2 is 1.91 bits per heavy atom. The van der Waals surface area contributed by atoms with Gasteiger partial charge in [0.15, 0.2) is 0 Å². The van der Waals surface area contributed by atoms with Crippen LogP contribution in [0.2, 0.25) is 0 Å². The van der Waals surface area contributed by atoms with E-state index in [0.29, 0.717) is 18.4 Å². The molecule has 2 bridgehead atoms. The Balaban J connectivity index is 1.52. The number of alkyl carbamates (subject to hydrolysis) is 1. The second kappa shape index (κ2) is 6.33. The molecule has 5 heteroatoms. The Morgan fingerprint density at radius 3 is 2.52 bits per heavy atom. The van der Waals surface area contributed by atoms with E-state index in [-0.39, 0.29) is 18.1 Å². The summed E-state index contributed by atoms with van der Waals surface area (Å²) in [5.41, 5.74) is -0.489. The molecule has 1 N–H and O–H groups in total. The summed E-state index contributed by atoms with van der Waals surface area (Å²) in [5.74, 6) is 1.98. The molecular weight excluding hydrogens is 292 g/mol. The lowest BCUT2D eigenvalue weighted by atomic mass is 9.87. The average molecular weight is 322 g/mol. The van der Waals surface area contributed by atoms with Gasteiger partial charge in [-0.3, -0.25) is 4.79 Å². The Bertz CT molecular complexity index is 471. The first kappa shape index (κ1) is 16.6. The average Bonchev–Trinajstić information content (AvgIpc) is 3.07. The molecular formula is C18H30N2O3. The van der Waals surface area contributed by atoms with Crippen LogP contribution in [0.25, 0.3) is 0 Å². The minimum absolute atomic E-state index is 0.0149. The number of fused-ring (bicyclic) bond motifs is 2. The van der Waals surface area contributed by atoms with Gasteiger partial charge in [0.25, 0.3) is 0 Å². The van der Waals surface area contributed by atoms with E-state index in [2.05, 4.69) is 5.32 Å². The summed E-state index contributed by atoms with van der Waals surface area (Å²) >= 11 is 0. The molecule has 0 spiro atoms. The molecule has 0 aromatic heterocycles. The van der Waals surface area contributed by atoms with Crippen molar-refractivity contribution in [1.82, 2.24) is 10.2 Å². The lowest BCUT2D eigenvalue weighted by Crippen LogP contribution is -2.52. The van der Waals surface area contributed by atoms with Crippen molar-refractivity contribution in [2.75, 3.05) is 13.1 Å². The lowest BCUT2D eigenvalue weighted by Gasteiger charge is -2.36. The van der Waals surface area contributed by atoms with E-state index in [9.17, 15) is 9.59 Å². The number of carbonyl (C=O) groups is 2. The monoisotopic (exact) mass is 322 g/mol. The van der Waals surface area contributed by atoms with E-state index in [0.717, 1.165) is 31.7 Å². The predicted molar refractivity (Wildman–Crippen MR) is 87.9 cm³/mol. The molecule has 3 rings (SSSR count). The highest BCUT2D eigenvalue weighted by atomic mass is 16.6. The number of amides is 2. The van der Waals surface area contributed by atoms with Gasteiger partial charge in [-0.2, -0.15) is 0 Å². The molecule has 2 amide bonds. The molecule has 1 heterocycles. The fourth-order valence-corrected chi connectivity index (χ4v) is 4.55. The molecule has 0 aromatic carbocycles. The number of likely N-dealkylation sites (tertiary alicyclic amines) is 1. The smallest absolute Gasteiger partial charge is 0.407 e. The van der Waals surface area contributed by atoms with Crippen LogP contribution >= 0.6 is 0 Å². The van der Waals surface area contributed by atoms with Crippen LogP contribution in [0.4, 0.5) is 4.79 Å². The van der Waals surface area contributed by atoms with Crippen LogP contribution in [-0.4, -0.2) is 41.6 Å². The van der Waals surface area contributed by atoms with Crippen LogP contribution in [0.15, 0.2) is 0 Å². The first-order valence-corrected chi connectivity index (χ1v) is 9.10. The number of nitrogens with one attached hydrogen (secondary N) is 1. The molecule has 1 aliphatic heterocycles. The predicted octanol–water partition coefficient (Wildman–Crippen LogP) is 2.94. The molecule has 3 fully saturated rings. The summed E-state index contributed by atoms with van der Waals surface area (Å²) in [6, 6.07) is 0.0149. The van der Waals surface area contributed by atoms with Crippen molar-refractivity contribution in [3.63, 3.8) is 0 Å². The molecule has 2 saturated carbocycles. The minimum atomic E-state index is -0.489. The Hall–Kier alpha value is -1.26. The van der Waals surface area contributed by atoms with Gasteiger partial charge < -0.3 is 15.0 Å². The number of hydrogen-bond acceptors (Lipinski definition) is 3. The zero-order valence-electron chi connectivity index (χ0n) is 14.6. The topological polar surface area (TPSA) is 58.6 Å². The van der Waals surface area contributed by atoms with E-state index in [4.69, 9.17) is 4.74 Å². The molecule has 1 saturated heterocycles. The highest BCUT2D eigenvalue weighted by Gasteiger charge is 2.44. The van der Waals surface area contributed by atoms with Gasteiger partial charge in [0.05, 0.1) is 0 Å². The highest BCUT2D eigenvalue weighted by molar-refractivity contribution is 5.80. The second-order valence-electron chi connectivity index (χ2n) is 8.55. The van der Waals surface area contributed by atoms with Crippen molar-refractivity contribution in [3.8, 4) is 0 Å². The zero-order chi connectivity index (χ0) is 16.6. The van der Waals surface area contributed by atoms with Gasteiger partial charge in [-0.05, 0) is 64.7 Å². The fourth-order valence-electron chi connectivity index (χ4n) is 4.55. The molecule has 4 atom stereocenters. The number of carbonyl (C=O) groups excluding carboxylic acids is 2. The van der Waals surface area contributed by atoms with Crippen molar-refractivity contribution in [1.29, 1.82) is 0 Å². The summed E-state index contributed by atoms with van der Waals surface area (Å²) in [7, 11) is 0. The normalized spacial score (nSPS) is 33.6. The van der Waals surface area contributed by atoms with Gasteiger partial charge in [0, 0.05) is 25.0 Å². The van der Waals surface area contributed by atoms with Crippen LogP contribution in [-0.2, 0) is 9.53 Å². The summed E-state index contributed by atoms with van der Waals surface area (Å²) in [4.78, 5) is 26.7. The fraction of sp³-hybridized carbons (Fsp3) is 0.889. The molecule has 0 radical (unpaired) electrons. The summed E-state index contributed by atoms with van der Waals surface area (Å²) in [5, 5.41) is 2.93. The molecule has 4 unspecified atom stereocenters. The van der Waals surface area contributed by atoms with E-state index in [1.54, 1.807) is 0 Å². The minimum Gasteiger partial charge on any atom is -0.444 e. The number of rotatable bonds is 2. The van der Waals surface area contributed by atoms with Crippen LogP contribution in [0, 0.1) is 17.8 Å². The summed E-state index contributed by atoms with van der Waals surface area (Å²) in [6.45, 7) is 7.04. The van der Waals surface area contributed by atoms with E-state index in [1.807, 2.05) is 25.7 Å². The van der Waals surface area contributed by atoms with Gasteiger partial charge in [0.2, 0.25) is 5.91 Å². The maximum Gasteiger partial charge on any atom is 0.407 e. The van der Waals surface area contributed by atoms with E-state index >= 15 is 0 Å². The van der Waals surface area contributed by atoms with Gasteiger partial charge >= 0.3 is 6.09 Å².